The zero-order valence-corrected chi connectivity index (χ0v) is 41.2. The van der Waals surface area contributed by atoms with Crippen molar-refractivity contribution in [3.8, 4) is 40.2 Å². The number of methoxy groups -OCH3 is 1. The van der Waals surface area contributed by atoms with Gasteiger partial charge >= 0.3 is 0 Å². The fraction of sp³-hybridized carbons (Fsp3) is 0.358. The van der Waals surface area contributed by atoms with Gasteiger partial charge in [-0.1, -0.05) is 24.0 Å². The number of phenolic OH excluding ortho intramolecular Hbond substituents is 2. The summed E-state index contributed by atoms with van der Waals surface area (Å²) in [5.41, 5.74) is 9.74. The largest absolute Gasteiger partial charge is 0.515 e. The van der Waals surface area contributed by atoms with Gasteiger partial charge in [-0.15, -0.1) is 0 Å². The van der Waals surface area contributed by atoms with E-state index >= 15 is 0 Å². The Balaban J connectivity index is 1.07. The number of allylic oxidation sites excluding steroid dienone is 2. The minimum atomic E-state index is -3.56. The van der Waals surface area contributed by atoms with Crippen LogP contribution in [0, 0.1) is 35.5 Å². The fourth-order valence-corrected chi connectivity index (χ4v) is 11.5. The van der Waals surface area contributed by atoms with Crippen molar-refractivity contribution in [3.63, 3.8) is 0 Å². The van der Waals surface area contributed by atoms with Crippen molar-refractivity contribution in [1.82, 2.24) is 10.0 Å². The lowest BCUT2D eigenvalue weighted by Gasteiger charge is -2.48. The van der Waals surface area contributed by atoms with Crippen LogP contribution >= 0.6 is 0 Å². The number of sulfonamides is 1. The van der Waals surface area contributed by atoms with Crippen molar-refractivity contribution >= 4 is 50.7 Å². The van der Waals surface area contributed by atoms with Crippen LogP contribution in [0.3, 0.4) is 0 Å². The second-order valence-electron chi connectivity index (χ2n) is 19.3. The van der Waals surface area contributed by atoms with Crippen LogP contribution in [0.1, 0.15) is 77.2 Å². The number of nitrogens with one attached hydrogen (secondary N) is 2. The summed E-state index contributed by atoms with van der Waals surface area (Å²) < 4.78 is 37.7. The zero-order valence-electron chi connectivity index (χ0n) is 40.4. The number of fused-ring (bicyclic) bond motifs is 5. The standard InChI is InChI=1S/C53H54N4O16S/c1-24(73-50-43-29(17-30-20-40(63)46(52(55)68)49(66)53(30,50)69)18-32-27(5-4-12-57-74(3,70)71)7-9-36(59)44(32)48(43)65)21-56-22-25-6-11-41(72-2)33(14-25)31-8-10-37(60)45-34(31)19-28-13-26(16-39(62)42(28)47(45)64)15-38(61)35(23-58)51(54)67/h6-11,14,23-24,26,28-30,56-60,64,66,69H,12-13,15-22H2,1-3H3,(H2,54,67)(H2,55,68)/t24?,26?,28?,29-,30+,53-/m1/s1. The van der Waals surface area contributed by atoms with Gasteiger partial charge in [0.2, 0.25) is 10.0 Å². The first kappa shape index (κ1) is 52.5. The molecule has 0 aliphatic heterocycles. The molecule has 0 radical (unpaired) electrons. The summed E-state index contributed by atoms with van der Waals surface area (Å²) in [6.45, 7) is 1.61. The van der Waals surface area contributed by atoms with E-state index in [0.717, 1.165) is 6.26 Å². The lowest BCUT2D eigenvalue weighted by atomic mass is 9.60. The van der Waals surface area contributed by atoms with E-state index in [2.05, 4.69) is 21.9 Å². The van der Waals surface area contributed by atoms with Gasteiger partial charge in [0.25, 0.3) is 11.8 Å². The first-order valence-corrected chi connectivity index (χ1v) is 25.5. The number of aromatic hydroxyl groups is 2. The molecule has 1 fully saturated rings. The van der Waals surface area contributed by atoms with Crippen LogP contribution in [-0.2, 0) is 58.1 Å². The van der Waals surface area contributed by atoms with E-state index in [4.69, 9.17) is 20.9 Å². The van der Waals surface area contributed by atoms with Crippen LogP contribution in [-0.4, -0.2) is 112 Å². The van der Waals surface area contributed by atoms with Crippen LogP contribution in [0.25, 0.3) is 16.9 Å². The van der Waals surface area contributed by atoms with Crippen molar-refractivity contribution in [2.45, 2.75) is 70.1 Å². The van der Waals surface area contributed by atoms with E-state index in [1.165, 1.54) is 25.3 Å². The smallest absolute Gasteiger partial charge is 0.255 e. The Morgan fingerprint density at radius 3 is 2.26 bits per heavy atom. The first-order chi connectivity index (χ1) is 35.0. The van der Waals surface area contributed by atoms with Gasteiger partial charge in [-0.2, -0.15) is 0 Å². The lowest BCUT2D eigenvalue weighted by molar-refractivity contribution is -0.130. The number of ketones is 4. The van der Waals surface area contributed by atoms with Gasteiger partial charge in [0.05, 0.1) is 37.3 Å². The van der Waals surface area contributed by atoms with Crippen LogP contribution in [0.5, 0.6) is 17.2 Å². The summed E-state index contributed by atoms with van der Waals surface area (Å²) in [7, 11) is -2.08. The molecule has 0 bridgehead atoms. The summed E-state index contributed by atoms with van der Waals surface area (Å²) in [6, 6.07) is 11.1. The number of carbonyl (C=O) groups is 6. The molecule has 3 aromatic rings. The Morgan fingerprint density at radius 1 is 0.892 bits per heavy atom. The maximum absolute atomic E-state index is 14.7. The number of hydrogen-bond acceptors (Lipinski definition) is 17. The van der Waals surface area contributed by atoms with Gasteiger partial charge < -0.3 is 56.9 Å². The average Bonchev–Trinajstić information content (AvgIpc) is 3.31. The predicted molar refractivity (Wildman–Crippen MR) is 264 cm³/mol. The highest BCUT2D eigenvalue weighted by Gasteiger charge is 2.59. The predicted octanol–water partition coefficient (Wildman–Crippen LogP) is 2.81. The number of amides is 2. The highest BCUT2D eigenvalue weighted by molar-refractivity contribution is 7.88. The number of hydrogen-bond donors (Lipinski definition) is 10. The number of aliphatic hydroxyl groups excluding tert-OH is 3. The normalized spacial score (nSPS) is 22.9. The van der Waals surface area contributed by atoms with Crippen molar-refractivity contribution in [1.29, 1.82) is 0 Å². The number of nitrogens with two attached hydrogens (primary N) is 2. The zero-order chi connectivity index (χ0) is 53.7. The maximum atomic E-state index is 14.7. The number of ether oxygens (including phenoxy) is 2. The lowest BCUT2D eigenvalue weighted by Crippen LogP contribution is -2.55. The molecule has 20 nitrogen and oxygen atoms in total. The summed E-state index contributed by atoms with van der Waals surface area (Å²) in [4.78, 5) is 78.6. The van der Waals surface area contributed by atoms with Crippen LogP contribution < -0.4 is 26.2 Å². The Bertz CT molecular complexity index is 3290. The fourth-order valence-electron chi connectivity index (χ4n) is 11.2. The number of Topliss-reactive ketones (excluding diaryl/α,β-unsaturated/α-hetero) is 4. The molecule has 8 rings (SSSR count). The minimum Gasteiger partial charge on any atom is -0.515 e. The molecule has 3 unspecified atom stereocenters. The summed E-state index contributed by atoms with van der Waals surface area (Å²) in [5.74, 6) is -4.63. The van der Waals surface area contributed by atoms with Gasteiger partial charge in [0.1, 0.15) is 51.8 Å². The van der Waals surface area contributed by atoms with Crippen LogP contribution in [0.4, 0.5) is 0 Å². The molecule has 12 N–H and O–H groups in total. The van der Waals surface area contributed by atoms with E-state index in [0.29, 0.717) is 45.4 Å². The molecular weight excluding hydrogens is 981 g/mol. The summed E-state index contributed by atoms with van der Waals surface area (Å²) in [5, 5.41) is 70.7. The SMILES string of the molecule is COc1ccc(CNCC(C)OC2=C3C(=O)c4c(O)ccc(C#CCNS(C)(=O)=O)c4C[C@H]3C[C@H]3CC(=O)C(C(N)=O)=C(O)[C@@]23O)cc1-c1ccc(O)c2c1CC1CC(CC(=O)C(=CO)C(N)=O)CC(=O)C1=C2O. The van der Waals surface area contributed by atoms with Crippen molar-refractivity contribution < 1.29 is 77.3 Å². The van der Waals surface area contributed by atoms with Gasteiger partial charge in [0, 0.05) is 60.5 Å². The Hall–Kier alpha value is -7.77. The summed E-state index contributed by atoms with van der Waals surface area (Å²) in [6.07, 6.45) is 0.0782. The molecule has 388 valence electrons. The Kier molecular flexibility index (Phi) is 14.4. The first-order valence-electron chi connectivity index (χ1n) is 23.6. The maximum Gasteiger partial charge on any atom is 0.255 e. The van der Waals surface area contributed by atoms with Crippen LogP contribution in [0.15, 0.2) is 82.5 Å². The molecule has 74 heavy (non-hydrogen) atoms. The molecule has 0 aromatic heterocycles. The number of primary amides is 2. The Morgan fingerprint density at radius 2 is 1.58 bits per heavy atom. The highest BCUT2D eigenvalue weighted by atomic mass is 32.2. The highest BCUT2D eigenvalue weighted by Crippen LogP contribution is 2.54. The molecule has 5 aliphatic carbocycles. The molecule has 0 saturated heterocycles. The third-order valence-electron chi connectivity index (χ3n) is 14.4. The third kappa shape index (κ3) is 9.64. The molecule has 21 heteroatoms. The van der Waals surface area contributed by atoms with Crippen molar-refractivity contribution in [3.05, 3.63) is 116 Å². The molecule has 6 atom stereocenters. The average molecular weight is 1040 g/mol. The van der Waals surface area contributed by atoms with E-state index < -0.39 is 115 Å². The number of aliphatic hydroxyl groups is 4. The molecule has 3 aromatic carbocycles. The number of benzene rings is 3. The van der Waals surface area contributed by atoms with E-state index in [9.17, 15) is 67.8 Å². The van der Waals surface area contributed by atoms with E-state index in [-0.39, 0.29) is 91.9 Å². The molecule has 0 spiro atoms. The Labute approximate surface area is 424 Å². The monoisotopic (exact) mass is 1030 g/mol. The van der Waals surface area contributed by atoms with Crippen molar-refractivity contribution in [2.24, 2.45) is 35.1 Å². The van der Waals surface area contributed by atoms with Gasteiger partial charge in [-0.3, -0.25) is 28.8 Å². The number of phenols is 2. The molecule has 5 aliphatic rings. The molecular formula is C53H54N4O16S. The molecule has 2 amide bonds. The van der Waals surface area contributed by atoms with Gasteiger partial charge in [-0.25, -0.2) is 13.1 Å². The molecule has 1 saturated carbocycles. The van der Waals surface area contributed by atoms with Crippen molar-refractivity contribution in [2.75, 3.05) is 26.5 Å². The minimum absolute atomic E-state index is 0.0391. The van der Waals surface area contributed by atoms with Crippen LogP contribution in [0.2, 0.25) is 0 Å². The van der Waals surface area contributed by atoms with Gasteiger partial charge in [0.15, 0.2) is 28.7 Å². The summed E-state index contributed by atoms with van der Waals surface area (Å²) >= 11 is 0. The number of carbonyl (C=O) groups excluding carboxylic acids is 6. The van der Waals surface area contributed by atoms with E-state index in [1.54, 1.807) is 25.1 Å². The quantitative estimate of drug-likeness (QED) is 0.0344. The van der Waals surface area contributed by atoms with E-state index in [1.807, 2.05) is 6.07 Å². The topological polar surface area (TPSA) is 352 Å². The third-order valence-corrected chi connectivity index (χ3v) is 15.1. The molecule has 0 heterocycles. The second kappa shape index (κ2) is 20.3. The second-order valence-corrected chi connectivity index (χ2v) is 21.1. The number of rotatable bonds is 15. The van der Waals surface area contributed by atoms with Gasteiger partial charge in [-0.05, 0) is 103 Å².